The van der Waals surface area contributed by atoms with E-state index in [1.54, 1.807) is 18.2 Å². The molecule has 1 saturated heterocycles. The Morgan fingerprint density at radius 3 is 3.00 bits per heavy atom. The summed E-state index contributed by atoms with van der Waals surface area (Å²) in [6.45, 7) is 3.63. The van der Waals surface area contributed by atoms with Gasteiger partial charge in [0.25, 0.3) is 0 Å². The van der Waals surface area contributed by atoms with Gasteiger partial charge in [-0.15, -0.1) is 0 Å². The number of carbonyl (C=O) groups excluding carboxylic acids is 1. The first-order valence-electron chi connectivity index (χ1n) is 6.51. The van der Waals surface area contributed by atoms with Crippen molar-refractivity contribution in [2.24, 2.45) is 0 Å². The number of esters is 1. The summed E-state index contributed by atoms with van der Waals surface area (Å²) in [5, 5.41) is 0. The standard InChI is InChI=1S/C14H19NO4/c1-2-18-13-6-5-10(8-12(13)15)14(16)19-11-4-3-7-17-9-11/h5-6,8,11H,2-4,7,9,15H2,1H3. The van der Waals surface area contributed by atoms with Crippen LogP contribution in [0.4, 0.5) is 5.69 Å². The SMILES string of the molecule is CCOc1ccc(C(=O)OC2CCCOC2)cc1N. The van der Waals surface area contributed by atoms with E-state index in [0.29, 0.717) is 30.2 Å². The van der Waals surface area contributed by atoms with Gasteiger partial charge in [-0.25, -0.2) is 4.79 Å². The third-order valence-electron chi connectivity index (χ3n) is 2.94. The number of carbonyl (C=O) groups is 1. The van der Waals surface area contributed by atoms with Crippen LogP contribution in [-0.4, -0.2) is 31.9 Å². The lowest BCUT2D eigenvalue weighted by atomic mass is 10.1. The number of hydrogen-bond donors (Lipinski definition) is 1. The number of benzene rings is 1. The van der Waals surface area contributed by atoms with E-state index in [4.69, 9.17) is 19.9 Å². The molecule has 0 bridgehead atoms. The maximum absolute atomic E-state index is 12.0. The van der Waals surface area contributed by atoms with Gasteiger partial charge in [0.1, 0.15) is 11.9 Å². The van der Waals surface area contributed by atoms with Crippen LogP contribution in [0.15, 0.2) is 18.2 Å². The highest BCUT2D eigenvalue weighted by molar-refractivity contribution is 5.91. The maximum atomic E-state index is 12.0. The summed E-state index contributed by atoms with van der Waals surface area (Å²) in [4.78, 5) is 12.0. The van der Waals surface area contributed by atoms with Crippen LogP contribution in [0, 0.1) is 0 Å². The number of nitrogens with two attached hydrogens (primary N) is 1. The topological polar surface area (TPSA) is 70.8 Å². The molecule has 0 aromatic heterocycles. The molecule has 104 valence electrons. The van der Waals surface area contributed by atoms with E-state index in [1.807, 2.05) is 6.92 Å². The normalized spacial score (nSPS) is 18.9. The third kappa shape index (κ3) is 3.61. The average molecular weight is 265 g/mol. The van der Waals surface area contributed by atoms with Crippen molar-refractivity contribution in [3.63, 3.8) is 0 Å². The highest BCUT2D eigenvalue weighted by Crippen LogP contribution is 2.23. The van der Waals surface area contributed by atoms with E-state index in [9.17, 15) is 4.79 Å². The predicted octanol–water partition coefficient (Wildman–Crippen LogP) is 2.00. The van der Waals surface area contributed by atoms with E-state index in [1.165, 1.54) is 0 Å². The Labute approximate surface area is 112 Å². The zero-order valence-corrected chi connectivity index (χ0v) is 11.1. The van der Waals surface area contributed by atoms with Crippen LogP contribution in [0.5, 0.6) is 5.75 Å². The second-order valence-electron chi connectivity index (χ2n) is 4.43. The van der Waals surface area contributed by atoms with Gasteiger partial charge >= 0.3 is 5.97 Å². The minimum absolute atomic E-state index is 0.158. The summed E-state index contributed by atoms with van der Waals surface area (Å²) in [6, 6.07) is 4.93. The number of ether oxygens (including phenoxy) is 3. The molecule has 0 saturated carbocycles. The first-order valence-corrected chi connectivity index (χ1v) is 6.51. The predicted molar refractivity (Wildman–Crippen MR) is 71.3 cm³/mol. The molecule has 1 aromatic rings. The van der Waals surface area contributed by atoms with Crippen LogP contribution < -0.4 is 10.5 Å². The van der Waals surface area contributed by atoms with Gasteiger partial charge in [-0.1, -0.05) is 0 Å². The van der Waals surface area contributed by atoms with Crippen molar-refractivity contribution in [1.29, 1.82) is 0 Å². The molecule has 19 heavy (non-hydrogen) atoms. The first-order chi connectivity index (χ1) is 9.20. The molecule has 5 nitrogen and oxygen atoms in total. The highest BCUT2D eigenvalue weighted by atomic mass is 16.6. The van der Waals surface area contributed by atoms with Crippen LogP contribution in [0.3, 0.4) is 0 Å². The monoisotopic (exact) mass is 265 g/mol. The van der Waals surface area contributed by atoms with Crippen molar-refractivity contribution in [3.8, 4) is 5.75 Å². The minimum Gasteiger partial charge on any atom is -0.492 e. The van der Waals surface area contributed by atoms with Crippen molar-refractivity contribution in [3.05, 3.63) is 23.8 Å². The molecule has 0 amide bonds. The lowest BCUT2D eigenvalue weighted by Crippen LogP contribution is -2.28. The van der Waals surface area contributed by atoms with Crippen molar-refractivity contribution < 1.29 is 19.0 Å². The van der Waals surface area contributed by atoms with Crippen molar-refractivity contribution in [1.82, 2.24) is 0 Å². The van der Waals surface area contributed by atoms with Crippen LogP contribution in [0.1, 0.15) is 30.1 Å². The van der Waals surface area contributed by atoms with Crippen molar-refractivity contribution >= 4 is 11.7 Å². The van der Waals surface area contributed by atoms with Crippen LogP contribution in [0.2, 0.25) is 0 Å². The van der Waals surface area contributed by atoms with E-state index >= 15 is 0 Å². The number of nitrogen functional groups attached to an aromatic ring is 1. The number of rotatable bonds is 4. The molecule has 0 radical (unpaired) electrons. The van der Waals surface area contributed by atoms with Crippen molar-refractivity contribution in [2.45, 2.75) is 25.9 Å². The van der Waals surface area contributed by atoms with Gasteiger partial charge in [0, 0.05) is 6.61 Å². The minimum atomic E-state index is -0.370. The molecule has 1 aromatic carbocycles. The lowest BCUT2D eigenvalue weighted by Gasteiger charge is -2.22. The fraction of sp³-hybridized carbons (Fsp3) is 0.500. The quantitative estimate of drug-likeness (QED) is 0.666. The molecule has 2 rings (SSSR count). The van der Waals surface area contributed by atoms with Crippen LogP contribution >= 0.6 is 0 Å². The van der Waals surface area contributed by atoms with Crippen LogP contribution in [0.25, 0.3) is 0 Å². The van der Waals surface area contributed by atoms with Gasteiger partial charge in [-0.3, -0.25) is 0 Å². The van der Waals surface area contributed by atoms with E-state index in [2.05, 4.69) is 0 Å². The number of anilines is 1. The Kier molecular flexibility index (Phi) is 4.63. The summed E-state index contributed by atoms with van der Waals surface area (Å²) in [5.74, 6) is 0.213. The van der Waals surface area contributed by atoms with Gasteiger partial charge in [0.15, 0.2) is 0 Å². The van der Waals surface area contributed by atoms with Crippen molar-refractivity contribution in [2.75, 3.05) is 25.6 Å². The summed E-state index contributed by atoms with van der Waals surface area (Å²) in [6.07, 6.45) is 1.61. The Morgan fingerprint density at radius 1 is 1.53 bits per heavy atom. The molecule has 0 spiro atoms. The first kappa shape index (κ1) is 13.7. The smallest absolute Gasteiger partial charge is 0.338 e. The fourth-order valence-corrected chi connectivity index (χ4v) is 1.99. The summed E-state index contributed by atoms with van der Waals surface area (Å²) in [5.41, 5.74) is 6.70. The molecular weight excluding hydrogens is 246 g/mol. The summed E-state index contributed by atoms with van der Waals surface area (Å²) < 4.78 is 16.0. The maximum Gasteiger partial charge on any atom is 0.338 e. The summed E-state index contributed by atoms with van der Waals surface area (Å²) >= 11 is 0. The van der Waals surface area contributed by atoms with Crippen LogP contribution in [-0.2, 0) is 9.47 Å². The third-order valence-corrected chi connectivity index (χ3v) is 2.94. The molecule has 1 aliphatic heterocycles. The molecule has 5 heteroatoms. The highest BCUT2D eigenvalue weighted by Gasteiger charge is 2.19. The molecular formula is C14H19NO4. The molecule has 1 heterocycles. The molecule has 0 aliphatic carbocycles. The van der Waals surface area contributed by atoms with E-state index < -0.39 is 0 Å². The number of hydrogen-bond acceptors (Lipinski definition) is 5. The average Bonchev–Trinajstić information content (AvgIpc) is 2.42. The second-order valence-corrected chi connectivity index (χ2v) is 4.43. The Balaban J connectivity index is 2.00. The molecule has 1 fully saturated rings. The summed E-state index contributed by atoms with van der Waals surface area (Å²) in [7, 11) is 0. The van der Waals surface area contributed by atoms with Gasteiger partial charge in [0.05, 0.1) is 24.5 Å². The molecule has 2 N–H and O–H groups in total. The van der Waals surface area contributed by atoms with Gasteiger partial charge < -0.3 is 19.9 Å². The Hall–Kier alpha value is -1.75. The van der Waals surface area contributed by atoms with E-state index in [-0.39, 0.29) is 12.1 Å². The molecule has 1 unspecified atom stereocenters. The zero-order valence-electron chi connectivity index (χ0n) is 11.1. The Bertz CT molecular complexity index is 441. The largest absolute Gasteiger partial charge is 0.492 e. The van der Waals surface area contributed by atoms with Gasteiger partial charge in [-0.05, 0) is 38.0 Å². The fourth-order valence-electron chi connectivity index (χ4n) is 1.99. The van der Waals surface area contributed by atoms with E-state index in [0.717, 1.165) is 19.4 Å². The Morgan fingerprint density at radius 2 is 2.37 bits per heavy atom. The molecule has 1 atom stereocenters. The zero-order chi connectivity index (χ0) is 13.7. The van der Waals surface area contributed by atoms with Gasteiger partial charge in [0.2, 0.25) is 0 Å². The van der Waals surface area contributed by atoms with Gasteiger partial charge in [-0.2, -0.15) is 0 Å². The lowest BCUT2D eigenvalue weighted by molar-refractivity contribution is -0.0305. The molecule has 1 aliphatic rings. The second kappa shape index (κ2) is 6.43.